The average molecular weight is 440 g/mol. The quantitative estimate of drug-likeness (QED) is 0.523. The summed E-state index contributed by atoms with van der Waals surface area (Å²) < 4.78 is 12.0. The van der Waals surface area contributed by atoms with Crippen LogP contribution in [0, 0.1) is 12.3 Å². The van der Waals surface area contributed by atoms with E-state index in [9.17, 15) is 9.90 Å². The van der Waals surface area contributed by atoms with E-state index >= 15 is 0 Å². The number of para-hydroxylation sites is 1. The molecule has 0 saturated heterocycles. The first-order valence-electron chi connectivity index (χ1n) is 10.8. The molecule has 0 spiro atoms. The third-order valence-electron chi connectivity index (χ3n) is 5.46. The zero-order valence-corrected chi connectivity index (χ0v) is 18.1. The normalized spacial score (nSPS) is 17.4. The third-order valence-corrected chi connectivity index (χ3v) is 5.46. The molecule has 0 saturated carbocycles. The molecule has 33 heavy (non-hydrogen) atoms. The van der Waals surface area contributed by atoms with Crippen LogP contribution in [-0.4, -0.2) is 17.3 Å². The number of carbonyl (C=O) groups is 1. The van der Waals surface area contributed by atoms with Crippen LogP contribution in [0.2, 0.25) is 0 Å². The molecule has 1 aliphatic rings. The Morgan fingerprint density at radius 3 is 2.39 bits per heavy atom. The average Bonchev–Trinajstić information content (AvgIpc) is 2.88. The number of hydrogen-bond donors (Lipinski definition) is 2. The maximum atomic E-state index is 12.9. The van der Waals surface area contributed by atoms with Crippen molar-refractivity contribution in [3.63, 3.8) is 0 Å². The maximum absolute atomic E-state index is 12.9. The second kappa shape index (κ2) is 10.6. The Morgan fingerprint density at radius 2 is 1.73 bits per heavy atom. The minimum Gasteiger partial charge on any atom is -0.459 e. The Kier molecular flexibility index (Phi) is 7.21. The second-order valence-electron chi connectivity index (χ2n) is 7.79. The van der Waals surface area contributed by atoms with Gasteiger partial charge in [-0.15, -0.1) is 6.42 Å². The molecular weight excluding hydrogens is 414 g/mol. The smallest absolute Gasteiger partial charge is 0.290 e. The Balaban J connectivity index is 1.51. The number of rotatable bonds is 7. The Hall–Kier alpha value is -3.85. The number of aliphatic hydroxyl groups is 1. The van der Waals surface area contributed by atoms with E-state index in [0.717, 1.165) is 22.3 Å². The van der Waals surface area contributed by atoms with Gasteiger partial charge in [-0.3, -0.25) is 4.79 Å². The summed E-state index contributed by atoms with van der Waals surface area (Å²) in [5.41, 5.74) is 4.31. The van der Waals surface area contributed by atoms with Gasteiger partial charge in [0.1, 0.15) is 0 Å². The summed E-state index contributed by atoms with van der Waals surface area (Å²) in [6.45, 7) is 0.324. The Bertz CT molecular complexity index is 1150. The van der Waals surface area contributed by atoms with E-state index in [0.29, 0.717) is 18.7 Å². The van der Waals surface area contributed by atoms with Gasteiger partial charge in [0.05, 0.1) is 13.2 Å². The van der Waals surface area contributed by atoms with Crippen LogP contribution in [-0.2, 0) is 27.5 Å². The second-order valence-corrected chi connectivity index (χ2v) is 7.79. The molecule has 4 rings (SSSR count). The first-order valence-corrected chi connectivity index (χ1v) is 10.8. The molecule has 0 bridgehead atoms. The zero-order valence-electron chi connectivity index (χ0n) is 18.1. The predicted molar refractivity (Wildman–Crippen MR) is 127 cm³/mol. The zero-order chi connectivity index (χ0) is 23.0. The molecule has 3 aromatic rings. The molecular formula is C28H25NO4. The lowest BCUT2D eigenvalue weighted by atomic mass is 9.92. The van der Waals surface area contributed by atoms with Crippen molar-refractivity contribution in [2.24, 2.45) is 0 Å². The van der Waals surface area contributed by atoms with E-state index in [2.05, 4.69) is 11.2 Å². The number of benzene rings is 3. The van der Waals surface area contributed by atoms with E-state index in [4.69, 9.17) is 15.9 Å². The van der Waals surface area contributed by atoms with Crippen LogP contribution in [0.5, 0.6) is 0 Å². The fraction of sp³-hybridized carbons (Fsp3) is 0.179. The number of carbonyl (C=O) groups excluding carboxylic acids is 1. The number of nitrogens with one attached hydrogen (secondary N) is 1. The minimum absolute atomic E-state index is 0.00228. The van der Waals surface area contributed by atoms with Gasteiger partial charge in [0.2, 0.25) is 6.29 Å². The van der Waals surface area contributed by atoms with E-state index in [-0.39, 0.29) is 24.2 Å². The van der Waals surface area contributed by atoms with Gasteiger partial charge in [-0.05, 0) is 47.0 Å². The number of ether oxygens (including phenoxy) is 2. The van der Waals surface area contributed by atoms with Crippen molar-refractivity contribution in [3.05, 3.63) is 113 Å². The molecule has 0 unspecified atom stereocenters. The van der Waals surface area contributed by atoms with E-state index in [1.165, 1.54) is 0 Å². The molecule has 5 nitrogen and oxygen atoms in total. The molecule has 0 radical (unpaired) electrons. The summed E-state index contributed by atoms with van der Waals surface area (Å²) in [6.07, 6.45) is 7.28. The number of aliphatic hydroxyl groups excluding tert-OH is 1. The fourth-order valence-corrected chi connectivity index (χ4v) is 3.62. The molecule has 2 atom stereocenters. The fourth-order valence-electron chi connectivity index (χ4n) is 3.62. The lowest BCUT2D eigenvalue weighted by Gasteiger charge is -2.29. The van der Waals surface area contributed by atoms with Gasteiger partial charge in [-0.1, -0.05) is 60.5 Å². The first kappa shape index (κ1) is 22.3. The number of amides is 1. The maximum Gasteiger partial charge on any atom is 0.290 e. The Morgan fingerprint density at radius 1 is 1.03 bits per heavy atom. The van der Waals surface area contributed by atoms with Crippen molar-refractivity contribution in [2.45, 2.75) is 31.8 Å². The minimum atomic E-state index is -0.596. The molecule has 1 heterocycles. The van der Waals surface area contributed by atoms with Crippen LogP contribution in [0.3, 0.4) is 0 Å². The monoisotopic (exact) mass is 439 g/mol. The molecule has 1 amide bonds. The number of allylic oxidation sites excluding steroid dienone is 1. The van der Waals surface area contributed by atoms with Crippen LogP contribution in [0.25, 0.3) is 0 Å². The first-order chi connectivity index (χ1) is 16.1. The topological polar surface area (TPSA) is 67.8 Å². The predicted octanol–water partition coefficient (Wildman–Crippen LogP) is 4.73. The summed E-state index contributed by atoms with van der Waals surface area (Å²) >= 11 is 0. The summed E-state index contributed by atoms with van der Waals surface area (Å²) in [5.74, 6) is 2.45. The van der Waals surface area contributed by atoms with E-state index in [1.54, 1.807) is 0 Å². The van der Waals surface area contributed by atoms with Crippen LogP contribution >= 0.6 is 0 Å². The van der Waals surface area contributed by atoms with Gasteiger partial charge in [0.15, 0.2) is 5.76 Å². The highest BCUT2D eigenvalue weighted by Gasteiger charge is 2.29. The van der Waals surface area contributed by atoms with Gasteiger partial charge < -0.3 is 19.9 Å². The molecule has 2 N–H and O–H groups in total. The van der Waals surface area contributed by atoms with Crippen molar-refractivity contribution < 1.29 is 19.4 Å². The summed E-state index contributed by atoms with van der Waals surface area (Å²) in [5, 5.41) is 12.1. The summed E-state index contributed by atoms with van der Waals surface area (Å²) in [6, 6.07) is 24.5. The van der Waals surface area contributed by atoms with Crippen molar-refractivity contribution in [1.29, 1.82) is 0 Å². The van der Waals surface area contributed by atoms with Crippen molar-refractivity contribution in [2.75, 3.05) is 5.32 Å². The highest BCUT2D eigenvalue weighted by Crippen LogP contribution is 2.32. The van der Waals surface area contributed by atoms with Gasteiger partial charge in [0.25, 0.3) is 5.91 Å². The summed E-state index contributed by atoms with van der Waals surface area (Å²) in [4.78, 5) is 12.9. The van der Waals surface area contributed by atoms with Gasteiger partial charge in [0, 0.05) is 23.6 Å². The lowest BCUT2D eigenvalue weighted by molar-refractivity contribution is -0.147. The molecule has 1 aliphatic heterocycles. The standard InChI is InChI=1S/C28H25NO4/c1-2-20-12-14-23(15-13-20)24-16-26(28(31)29-25-6-4-3-5-7-25)33-27(17-24)32-19-22-10-8-21(18-30)9-11-22/h1,3-16,24,27,30H,17-19H2,(H,29,31)/t24-,27+/m1/s1. The van der Waals surface area contributed by atoms with Crippen LogP contribution in [0.4, 0.5) is 5.69 Å². The van der Waals surface area contributed by atoms with Crippen LogP contribution in [0.1, 0.15) is 34.6 Å². The molecule has 0 aromatic heterocycles. The molecule has 3 aromatic carbocycles. The number of terminal acetylenes is 1. The molecule has 5 heteroatoms. The Labute approximate surface area is 193 Å². The highest BCUT2D eigenvalue weighted by atomic mass is 16.7. The van der Waals surface area contributed by atoms with Crippen molar-refractivity contribution >= 4 is 11.6 Å². The van der Waals surface area contributed by atoms with Gasteiger partial charge in [-0.25, -0.2) is 0 Å². The van der Waals surface area contributed by atoms with Gasteiger partial charge >= 0.3 is 0 Å². The highest BCUT2D eigenvalue weighted by molar-refractivity contribution is 6.02. The molecule has 0 aliphatic carbocycles. The molecule has 166 valence electrons. The van der Waals surface area contributed by atoms with Gasteiger partial charge in [-0.2, -0.15) is 0 Å². The van der Waals surface area contributed by atoms with E-state index in [1.807, 2.05) is 84.9 Å². The molecule has 0 fully saturated rings. The van der Waals surface area contributed by atoms with Crippen LogP contribution < -0.4 is 5.32 Å². The largest absolute Gasteiger partial charge is 0.459 e. The third kappa shape index (κ3) is 5.89. The SMILES string of the molecule is C#Cc1ccc([C@@H]2C=C(C(=O)Nc3ccccc3)O[C@H](OCc3ccc(CO)cc3)C2)cc1. The summed E-state index contributed by atoms with van der Waals surface area (Å²) in [7, 11) is 0. The number of hydrogen-bond acceptors (Lipinski definition) is 4. The number of anilines is 1. The van der Waals surface area contributed by atoms with Crippen molar-refractivity contribution in [3.8, 4) is 12.3 Å². The van der Waals surface area contributed by atoms with E-state index < -0.39 is 6.29 Å². The lowest BCUT2D eigenvalue weighted by Crippen LogP contribution is -2.29. The van der Waals surface area contributed by atoms with Crippen molar-refractivity contribution in [1.82, 2.24) is 0 Å². The van der Waals surface area contributed by atoms with Crippen LogP contribution in [0.15, 0.2) is 90.7 Å².